The second-order valence-electron chi connectivity index (χ2n) is 4.77. The molecule has 0 fully saturated rings. The van der Waals surface area contributed by atoms with Crippen LogP contribution in [-0.4, -0.2) is 20.4 Å². The molecule has 0 saturated heterocycles. The molecule has 2 aromatic heterocycles. The van der Waals surface area contributed by atoms with E-state index in [0.29, 0.717) is 0 Å². The van der Waals surface area contributed by atoms with Crippen molar-refractivity contribution in [3.05, 3.63) is 33.6 Å². The fourth-order valence-electron chi connectivity index (χ4n) is 1.90. The molecule has 0 radical (unpaired) electrons. The largest absolute Gasteiger partial charge is 0.155 e. The molecule has 0 bridgehead atoms. The highest BCUT2D eigenvalue weighted by molar-refractivity contribution is 5.64. The van der Waals surface area contributed by atoms with Crippen molar-refractivity contribution >= 4 is 0 Å². The van der Waals surface area contributed by atoms with Gasteiger partial charge in [-0.3, -0.25) is 0 Å². The Morgan fingerprint density at radius 3 is 1.11 bits per heavy atom. The summed E-state index contributed by atoms with van der Waals surface area (Å²) in [5.41, 5.74) is 8.19. The van der Waals surface area contributed by atoms with Crippen LogP contribution in [0.15, 0.2) is 0 Å². The minimum atomic E-state index is 0.839. The molecule has 0 saturated carbocycles. The lowest BCUT2D eigenvalue weighted by Crippen LogP contribution is -2.05. The van der Waals surface area contributed by atoms with Crippen molar-refractivity contribution in [3.63, 3.8) is 0 Å². The Labute approximate surface area is 107 Å². The monoisotopic (exact) mass is 242 g/mol. The van der Waals surface area contributed by atoms with E-state index >= 15 is 0 Å². The van der Waals surface area contributed by atoms with Crippen LogP contribution in [0.3, 0.4) is 0 Å². The first-order valence-corrected chi connectivity index (χ1v) is 6.04. The van der Waals surface area contributed by atoms with Crippen LogP contribution in [0.25, 0.3) is 11.4 Å². The third kappa shape index (κ3) is 1.88. The Bertz CT molecular complexity index is 562. The van der Waals surface area contributed by atoms with Crippen molar-refractivity contribution in [1.82, 2.24) is 20.4 Å². The van der Waals surface area contributed by atoms with Crippen LogP contribution in [-0.2, 0) is 0 Å². The summed E-state index contributed by atoms with van der Waals surface area (Å²) in [4.78, 5) is 0. The molecule has 0 aliphatic carbocycles. The van der Waals surface area contributed by atoms with Gasteiger partial charge in [-0.1, -0.05) is 0 Å². The number of aryl methyl sites for hydroxylation is 2. The highest BCUT2D eigenvalue weighted by Crippen LogP contribution is 2.26. The summed E-state index contributed by atoms with van der Waals surface area (Å²) in [5, 5.41) is 17.0. The van der Waals surface area contributed by atoms with E-state index in [2.05, 4.69) is 48.1 Å². The van der Waals surface area contributed by atoms with Crippen LogP contribution in [0.5, 0.6) is 0 Å². The number of hydrogen-bond donors (Lipinski definition) is 0. The average Bonchev–Trinajstić information content (AvgIpc) is 2.35. The van der Waals surface area contributed by atoms with Gasteiger partial charge < -0.3 is 0 Å². The molecule has 0 N–H and O–H groups in total. The maximum absolute atomic E-state index is 4.29. The summed E-state index contributed by atoms with van der Waals surface area (Å²) in [6.45, 7) is 12.2. The fraction of sp³-hybridized carbons (Fsp3) is 0.429. The fourth-order valence-corrected chi connectivity index (χ4v) is 1.90. The van der Waals surface area contributed by atoms with Gasteiger partial charge in [0, 0.05) is 0 Å². The van der Waals surface area contributed by atoms with Crippen LogP contribution >= 0.6 is 0 Å². The van der Waals surface area contributed by atoms with Crippen LogP contribution in [0.2, 0.25) is 0 Å². The Hall–Kier alpha value is -1.84. The highest BCUT2D eigenvalue weighted by Gasteiger charge is 2.15. The highest BCUT2D eigenvalue weighted by atomic mass is 15.2. The van der Waals surface area contributed by atoms with Crippen molar-refractivity contribution in [2.75, 3.05) is 0 Å². The molecule has 0 aliphatic rings. The van der Waals surface area contributed by atoms with E-state index in [9.17, 15) is 0 Å². The van der Waals surface area contributed by atoms with Crippen LogP contribution in [0.4, 0.5) is 0 Å². The molecule has 94 valence electrons. The molecule has 0 amide bonds. The molecule has 0 unspecified atom stereocenters. The third-order valence-electron chi connectivity index (χ3n) is 3.75. The molecule has 0 aliphatic heterocycles. The molecule has 4 nitrogen and oxygen atoms in total. The molecule has 0 spiro atoms. The van der Waals surface area contributed by atoms with Crippen molar-refractivity contribution in [2.45, 2.75) is 41.5 Å². The van der Waals surface area contributed by atoms with Crippen LogP contribution < -0.4 is 0 Å². The minimum absolute atomic E-state index is 0.839. The predicted molar refractivity (Wildman–Crippen MR) is 71.5 cm³/mol. The summed E-state index contributed by atoms with van der Waals surface area (Å²) in [6.07, 6.45) is 0. The summed E-state index contributed by atoms with van der Waals surface area (Å²) in [5.74, 6) is 0. The van der Waals surface area contributed by atoms with Gasteiger partial charge in [0.25, 0.3) is 0 Å². The second kappa shape index (κ2) is 4.44. The second-order valence-corrected chi connectivity index (χ2v) is 4.77. The van der Waals surface area contributed by atoms with Gasteiger partial charge in [-0.05, 0) is 63.8 Å². The molecule has 2 rings (SSSR count). The molecular formula is C14H18N4. The number of hydrogen-bond acceptors (Lipinski definition) is 4. The maximum Gasteiger partial charge on any atom is 0.117 e. The lowest BCUT2D eigenvalue weighted by Gasteiger charge is -2.12. The van der Waals surface area contributed by atoms with E-state index in [1.165, 1.54) is 11.1 Å². The van der Waals surface area contributed by atoms with Gasteiger partial charge in [-0.15, -0.1) is 10.2 Å². The quantitative estimate of drug-likeness (QED) is 0.771. The molecule has 4 heteroatoms. The van der Waals surface area contributed by atoms with Crippen molar-refractivity contribution in [1.29, 1.82) is 0 Å². The van der Waals surface area contributed by atoms with Crippen LogP contribution in [0.1, 0.15) is 33.6 Å². The SMILES string of the molecule is Cc1nnc(-c2nnc(C)c(C)c2C)c(C)c1C. The van der Waals surface area contributed by atoms with Crippen molar-refractivity contribution in [2.24, 2.45) is 0 Å². The van der Waals surface area contributed by atoms with Gasteiger partial charge in [0.2, 0.25) is 0 Å². The van der Waals surface area contributed by atoms with Gasteiger partial charge in [-0.25, -0.2) is 0 Å². The minimum Gasteiger partial charge on any atom is -0.155 e. The lowest BCUT2D eigenvalue weighted by atomic mass is 10.0. The molecule has 18 heavy (non-hydrogen) atoms. The van der Waals surface area contributed by atoms with Gasteiger partial charge in [0.15, 0.2) is 0 Å². The smallest absolute Gasteiger partial charge is 0.117 e. The van der Waals surface area contributed by atoms with E-state index in [1.807, 2.05) is 13.8 Å². The van der Waals surface area contributed by atoms with Gasteiger partial charge in [0.1, 0.15) is 11.4 Å². The Morgan fingerprint density at radius 2 is 0.778 bits per heavy atom. The molecule has 0 aromatic carbocycles. The molecule has 0 atom stereocenters. The van der Waals surface area contributed by atoms with Gasteiger partial charge in [0.05, 0.1) is 11.4 Å². The molecular weight excluding hydrogens is 224 g/mol. The van der Waals surface area contributed by atoms with E-state index < -0.39 is 0 Å². The normalized spacial score (nSPS) is 10.8. The first-order chi connectivity index (χ1) is 8.43. The van der Waals surface area contributed by atoms with E-state index in [0.717, 1.165) is 33.9 Å². The Kier molecular flexibility index (Phi) is 3.11. The van der Waals surface area contributed by atoms with Crippen LogP contribution in [0, 0.1) is 41.5 Å². The first kappa shape index (κ1) is 12.6. The number of rotatable bonds is 1. The van der Waals surface area contributed by atoms with E-state index in [1.54, 1.807) is 0 Å². The average molecular weight is 242 g/mol. The summed E-state index contributed by atoms with van der Waals surface area (Å²) >= 11 is 0. The Balaban J connectivity index is 2.71. The zero-order chi connectivity index (χ0) is 13.4. The zero-order valence-corrected chi connectivity index (χ0v) is 11.8. The topological polar surface area (TPSA) is 51.6 Å². The standard InChI is InChI=1S/C14H18N4/c1-7-9(3)13(17-15-11(7)5)14-10(4)8(2)12(6)16-18-14/h1-6H3. The van der Waals surface area contributed by atoms with Crippen molar-refractivity contribution in [3.8, 4) is 11.4 Å². The number of aromatic nitrogens is 4. The first-order valence-electron chi connectivity index (χ1n) is 6.04. The summed E-state index contributed by atoms with van der Waals surface area (Å²) in [6, 6.07) is 0. The predicted octanol–water partition coefficient (Wildman–Crippen LogP) is 2.78. The van der Waals surface area contributed by atoms with Crippen molar-refractivity contribution < 1.29 is 0 Å². The molecule has 2 heterocycles. The summed E-state index contributed by atoms with van der Waals surface area (Å²) < 4.78 is 0. The van der Waals surface area contributed by atoms with E-state index in [4.69, 9.17) is 0 Å². The summed E-state index contributed by atoms with van der Waals surface area (Å²) in [7, 11) is 0. The van der Waals surface area contributed by atoms with Gasteiger partial charge >= 0.3 is 0 Å². The lowest BCUT2D eigenvalue weighted by molar-refractivity contribution is 0.908. The molecule has 2 aromatic rings. The zero-order valence-electron chi connectivity index (χ0n) is 11.8. The van der Waals surface area contributed by atoms with Gasteiger partial charge in [-0.2, -0.15) is 10.2 Å². The van der Waals surface area contributed by atoms with E-state index in [-0.39, 0.29) is 0 Å². The maximum atomic E-state index is 4.29. The Morgan fingerprint density at radius 1 is 0.444 bits per heavy atom. The third-order valence-corrected chi connectivity index (χ3v) is 3.75. The number of nitrogens with zero attached hydrogens (tertiary/aromatic N) is 4.